The summed E-state index contributed by atoms with van der Waals surface area (Å²) in [5.41, 5.74) is 1.00. The Morgan fingerprint density at radius 2 is 1.65 bits per heavy atom. The standard InChI is InChI=1S/C18H26O5/c1-2-22-17(19)16(15-11-7-6-8-12-15)13-9-4-3-5-10-14-23-18(20)21/h6-8,11-12,16H,2-5,9-10,13-14H2,1H3,(H,20,21). The zero-order valence-corrected chi connectivity index (χ0v) is 13.7. The fourth-order valence-corrected chi connectivity index (χ4v) is 2.49. The average Bonchev–Trinajstić information content (AvgIpc) is 2.54. The summed E-state index contributed by atoms with van der Waals surface area (Å²) in [6.45, 7) is 2.47. The highest BCUT2D eigenvalue weighted by Crippen LogP contribution is 2.24. The Bertz CT molecular complexity index is 458. The first-order valence-electron chi connectivity index (χ1n) is 8.22. The lowest BCUT2D eigenvalue weighted by atomic mass is 9.93. The van der Waals surface area contributed by atoms with Crippen LogP contribution in [0.5, 0.6) is 0 Å². The molecule has 1 unspecified atom stereocenters. The molecule has 1 aromatic rings. The third-order valence-electron chi connectivity index (χ3n) is 3.64. The predicted octanol–water partition coefficient (Wildman–Crippen LogP) is 4.37. The summed E-state index contributed by atoms with van der Waals surface area (Å²) in [5, 5.41) is 8.35. The number of hydrogen-bond acceptors (Lipinski definition) is 4. The van der Waals surface area contributed by atoms with Gasteiger partial charge in [-0.25, -0.2) is 4.79 Å². The van der Waals surface area contributed by atoms with E-state index in [0.717, 1.165) is 44.1 Å². The quantitative estimate of drug-likeness (QED) is 0.484. The van der Waals surface area contributed by atoms with Crippen molar-refractivity contribution in [2.24, 2.45) is 0 Å². The maximum absolute atomic E-state index is 12.1. The van der Waals surface area contributed by atoms with Gasteiger partial charge >= 0.3 is 12.1 Å². The van der Waals surface area contributed by atoms with Crippen molar-refractivity contribution in [3.63, 3.8) is 0 Å². The summed E-state index contributed by atoms with van der Waals surface area (Å²) in [4.78, 5) is 22.3. The maximum Gasteiger partial charge on any atom is 0.505 e. The van der Waals surface area contributed by atoms with E-state index in [1.165, 1.54) is 0 Å². The Morgan fingerprint density at radius 3 is 2.30 bits per heavy atom. The van der Waals surface area contributed by atoms with E-state index in [9.17, 15) is 9.59 Å². The molecule has 23 heavy (non-hydrogen) atoms. The molecule has 5 nitrogen and oxygen atoms in total. The Morgan fingerprint density at radius 1 is 1.00 bits per heavy atom. The van der Waals surface area contributed by atoms with Gasteiger partial charge in [0.05, 0.1) is 19.1 Å². The summed E-state index contributed by atoms with van der Waals surface area (Å²) >= 11 is 0. The molecular weight excluding hydrogens is 296 g/mol. The summed E-state index contributed by atoms with van der Waals surface area (Å²) in [6, 6.07) is 9.73. The summed E-state index contributed by atoms with van der Waals surface area (Å²) in [6.07, 6.45) is 4.19. The first kappa shape index (κ1) is 19.0. The number of benzene rings is 1. The van der Waals surface area contributed by atoms with Gasteiger partial charge in [-0.2, -0.15) is 0 Å². The number of carboxylic acid groups (broad SMARTS) is 1. The second-order valence-corrected chi connectivity index (χ2v) is 5.39. The lowest BCUT2D eigenvalue weighted by Gasteiger charge is -2.15. The fraction of sp³-hybridized carbons (Fsp3) is 0.556. The molecule has 1 atom stereocenters. The van der Waals surface area contributed by atoms with Gasteiger partial charge in [0.25, 0.3) is 0 Å². The smallest absolute Gasteiger partial charge is 0.466 e. The summed E-state index contributed by atoms with van der Waals surface area (Å²) in [7, 11) is 0. The topological polar surface area (TPSA) is 72.8 Å². The molecule has 0 amide bonds. The average molecular weight is 322 g/mol. The third kappa shape index (κ3) is 8.24. The minimum atomic E-state index is -1.22. The lowest BCUT2D eigenvalue weighted by molar-refractivity contribution is -0.145. The van der Waals surface area contributed by atoms with E-state index in [-0.39, 0.29) is 18.5 Å². The Balaban J connectivity index is 2.29. The van der Waals surface area contributed by atoms with Crippen LogP contribution in [0.2, 0.25) is 0 Å². The van der Waals surface area contributed by atoms with Crippen molar-refractivity contribution in [2.75, 3.05) is 13.2 Å². The van der Waals surface area contributed by atoms with Gasteiger partial charge in [-0.3, -0.25) is 4.79 Å². The van der Waals surface area contributed by atoms with Crippen LogP contribution in [-0.4, -0.2) is 30.4 Å². The highest BCUT2D eigenvalue weighted by atomic mass is 16.7. The molecule has 0 aliphatic heterocycles. The van der Waals surface area contributed by atoms with Crippen molar-refractivity contribution >= 4 is 12.1 Å². The van der Waals surface area contributed by atoms with Crippen molar-refractivity contribution in [1.82, 2.24) is 0 Å². The first-order chi connectivity index (χ1) is 11.1. The Labute approximate surface area is 137 Å². The van der Waals surface area contributed by atoms with Gasteiger partial charge in [0.1, 0.15) is 0 Å². The summed E-state index contributed by atoms with van der Waals surface area (Å²) < 4.78 is 9.64. The van der Waals surface area contributed by atoms with Crippen molar-refractivity contribution in [3.8, 4) is 0 Å². The van der Waals surface area contributed by atoms with E-state index < -0.39 is 6.16 Å². The van der Waals surface area contributed by atoms with E-state index in [1.807, 2.05) is 37.3 Å². The third-order valence-corrected chi connectivity index (χ3v) is 3.64. The predicted molar refractivity (Wildman–Crippen MR) is 87.5 cm³/mol. The van der Waals surface area contributed by atoms with Crippen molar-refractivity contribution in [2.45, 2.75) is 51.4 Å². The Kier molecular flexibility index (Phi) is 9.52. The van der Waals surface area contributed by atoms with Crippen LogP contribution in [0.4, 0.5) is 4.79 Å². The maximum atomic E-state index is 12.1. The van der Waals surface area contributed by atoms with Gasteiger partial charge in [-0.1, -0.05) is 56.0 Å². The zero-order chi connectivity index (χ0) is 16.9. The second kappa shape index (κ2) is 11.5. The molecule has 0 saturated carbocycles. The first-order valence-corrected chi connectivity index (χ1v) is 8.22. The van der Waals surface area contributed by atoms with E-state index in [0.29, 0.717) is 6.61 Å². The van der Waals surface area contributed by atoms with Crippen molar-refractivity contribution in [1.29, 1.82) is 0 Å². The molecule has 0 heterocycles. The highest BCUT2D eigenvalue weighted by Gasteiger charge is 2.21. The molecule has 1 aromatic carbocycles. The van der Waals surface area contributed by atoms with Crippen molar-refractivity contribution < 1.29 is 24.2 Å². The number of hydrogen-bond donors (Lipinski definition) is 1. The second-order valence-electron chi connectivity index (χ2n) is 5.39. The molecule has 5 heteroatoms. The highest BCUT2D eigenvalue weighted by molar-refractivity contribution is 5.78. The van der Waals surface area contributed by atoms with Gasteiger partial charge < -0.3 is 14.6 Å². The fourth-order valence-electron chi connectivity index (χ4n) is 2.49. The van der Waals surface area contributed by atoms with E-state index >= 15 is 0 Å². The number of carbonyl (C=O) groups is 2. The van der Waals surface area contributed by atoms with Gasteiger partial charge in [-0.05, 0) is 25.3 Å². The van der Waals surface area contributed by atoms with E-state index in [1.54, 1.807) is 0 Å². The van der Waals surface area contributed by atoms with E-state index in [4.69, 9.17) is 9.84 Å². The number of esters is 1. The molecule has 1 rings (SSSR count). The largest absolute Gasteiger partial charge is 0.505 e. The van der Waals surface area contributed by atoms with Gasteiger partial charge in [0, 0.05) is 0 Å². The van der Waals surface area contributed by atoms with Gasteiger partial charge in [0.2, 0.25) is 0 Å². The molecule has 0 saturated heterocycles. The molecule has 0 aliphatic rings. The molecule has 0 radical (unpaired) electrons. The SMILES string of the molecule is CCOC(=O)C(CCCCCCCOC(=O)O)c1ccccc1. The molecule has 0 spiro atoms. The van der Waals surface area contributed by atoms with Crippen LogP contribution in [0.25, 0.3) is 0 Å². The van der Waals surface area contributed by atoms with Crippen LogP contribution in [0, 0.1) is 0 Å². The van der Waals surface area contributed by atoms with Crippen LogP contribution < -0.4 is 0 Å². The minimum absolute atomic E-state index is 0.159. The molecule has 0 bridgehead atoms. The van der Waals surface area contributed by atoms with Crippen LogP contribution in [0.15, 0.2) is 30.3 Å². The minimum Gasteiger partial charge on any atom is -0.466 e. The van der Waals surface area contributed by atoms with E-state index in [2.05, 4.69) is 4.74 Å². The van der Waals surface area contributed by atoms with Crippen LogP contribution in [-0.2, 0) is 14.3 Å². The number of rotatable bonds is 11. The molecule has 0 aliphatic carbocycles. The van der Waals surface area contributed by atoms with Gasteiger partial charge in [0.15, 0.2) is 0 Å². The van der Waals surface area contributed by atoms with Gasteiger partial charge in [-0.15, -0.1) is 0 Å². The molecule has 0 aromatic heterocycles. The Hall–Kier alpha value is -2.04. The number of unbranched alkanes of at least 4 members (excludes halogenated alkanes) is 4. The van der Waals surface area contributed by atoms with Crippen LogP contribution in [0.3, 0.4) is 0 Å². The normalized spacial score (nSPS) is 11.7. The molecule has 1 N–H and O–H groups in total. The van der Waals surface area contributed by atoms with Crippen LogP contribution in [0.1, 0.15) is 56.9 Å². The molecule has 0 fully saturated rings. The lowest BCUT2D eigenvalue weighted by Crippen LogP contribution is -2.16. The molecule has 128 valence electrons. The van der Waals surface area contributed by atoms with Crippen molar-refractivity contribution in [3.05, 3.63) is 35.9 Å². The molecular formula is C18H26O5. The monoisotopic (exact) mass is 322 g/mol. The zero-order valence-electron chi connectivity index (χ0n) is 13.7. The summed E-state index contributed by atoms with van der Waals surface area (Å²) in [5.74, 6) is -0.361. The number of carbonyl (C=O) groups excluding carboxylic acids is 1. The van der Waals surface area contributed by atoms with Crippen LogP contribution >= 0.6 is 0 Å². The number of ether oxygens (including phenoxy) is 2.